The van der Waals surface area contributed by atoms with Crippen molar-refractivity contribution in [2.75, 3.05) is 24.5 Å². The molecule has 2 aliphatic rings. The maximum absolute atomic E-state index is 12.5. The minimum Gasteiger partial charge on any atom is -0.341 e. The molecule has 0 aliphatic carbocycles. The van der Waals surface area contributed by atoms with Gasteiger partial charge >= 0.3 is 0 Å². The number of anilines is 1. The van der Waals surface area contributed by atoms with E-state index in [9.17, 15) is 9.59 Å². The molecule has 2 amide bonds. The summed E-state index contributed by atoms with van der Waals surface area (Å²) in [5, 5.41) is 5.23. The van der Waals surface area contributed by atoms with Gasteiger partial charge in [-0.3, -0.25) is 14.5 Å². The van der Waals surface area contributed by atoms with E-state index in [2.05, 4.69) is 5.10 Å². The highest BCUT2D eigenvalue weighted by Crippen LogP contribution is 2.29. The fourth-order valence-corrected chi connectivity index (χ4v) is 3.60. The molecule has 7 heteroatoms. The van der Waals surface area contributed by atoms with Crippen molar-refractivity contribution in [3.05, 3.63) is 35.4 Å². The molecule has 2 aliphatic heterocycles. The summed E-state index contributed by atoms with van der Waals surface area (Å²) in [7, 11) is 0. The molecule has 1 aromatic heterocycles. The normalized spacial score (nSPS) is 17.1. The maximum Gasteiger partial charge on any atom is 0.242 e. The Balaban J connectivity index is 1.62. The number of hydrogen-bond acceptors (Lipinski definition) is 3. The topological polar surface area (TPSA) is 58.4 Å². The van der Waals surface area contributed by atoms with E-state index in [1.165, 1.54) is 0 Å². The SMILES string of the molecule is O=C(CN1C(=O)CCn2nc(-c3cccc(Cl)c3)cc21)N1CCCC1. The molecule has 25 heavy (non-hydrogen) atoms. The summed E-state index contributed by atoms with van der Waals surface area (Å²) >= 11 is 6.07. The Morgan fingerprint density at radius 2 is 1.96 bits per heavy atom. The second-order valence-electron chi connectivity index (χ2n) is 6.44. The molecule has 2 aromatic rings. The van der Waals surface area contributed by atoms with Gasteiger partial charge in [0.25, 0.3) is 0 Å². The van der Waals surface area contributed by atoms with Crippen LogP contribution in [0.4, 0.5) is 5.82 Å². The van der Waals surface area contributed by atoms with E-state index < -0.39 is 0 Å². The van der Waals surface area contributed by atoms with Crippen molar-refractivity contribution in [1.29, 1.82) is 0 Å². The first-order valence-electron chi connectivity index (χ1n) is 8.54. The van der Waals surface area contributed by atoms with Crippen LogP contribution in [0.1, 0.15) is 19.3 Å². The second kappa shape index (κ2) is 6.52. The Morgan fingerprint density at radius 1 is 1.16 bits per heavy atom. The Labute approximate surface area is 151 Å². The number of rotatable bonds is 3. The molecule has 0 spiro atoms. The van der Waals surface area contributed by atoms with Gasteiger partial charge in [-0.15, -0.1) is 0 Å². The predicted molar refractivity (Wildman–Crippen MR) is 95.5 cm³/mol. The smallest absolute Gasteiger partial charge is 0.242 e. The molecule has 0 radical (unpaired) electrons. The molecule has 3 heterocycles. The average Bonchev–Trinajstić information content (AvgIpc) is 3.27. The van der Waals surface area contributed by atoms with Gasteiger partial charge in [0.05, 0.1) is 12.2 Å². The van der Waals surface area contributed by atoms with Crippen molar-refractivity contribution in [2.45, 2.75) is 25.8 Å². The lowest BCUT2D eigenvalue weighted by Crippen LogP contribution is -2.45. The molecule has 1 saturated heterocycles. The maximum atomic E-state index is 12.5. The van der Waals surface area contributed by atoms with Crippen molar-refractivity contribution in [3.63, 3.8) is 0 Å². The summed E-state index contributed by atoms with van der Waals surface area (Å²) in [6.45, 7) is 2.18. The minimum absolute atomic E-state index is 0.00445. The standard InChI is InChI=1S/C18H19ClN4O2/c19-14-5-3-4-13(10-14)15-11-16-22(17(24)6-9-23(16)20-15)12-18(25)21-7-1-2-8-21/h3-5,10-11H,1-2,6-9,12H2. The number of benzene rings is 1. The van der Waals surface area contributed by atoms with E-state index in [-0.39, 0.29) is 18.4 Å². The number of hydrogen-bond donors (Lipinski definition) is 0. The third-order valence-corrected chi connectivity index (χ3v) is 4.98. The first kappa shape index (κ1) is 16.1. The van der Waals surface area contributed by atoms with Gasteiger partial charge in [0, 0.05) is 36.2 Å². The summed E-state index contributed by atoms with van der Waals surface area (Å²) in [5.74, 6) is 0.654. The molecular formula is C18H19ClN4O2. The number of nitrogens with zero attached hydrogens (tertiary/aromatic N) is 4. The Hall–Kier alpha value is -2.34. The summed E-state index contributed by atoms with van der Waals surface area (Å²) < 4.78 is 1.80. The van der Waals surface area contributed by atoms with E-state index in [0.717, 1.165) is 37.2 Å². The van der Waals surface area contributed by atoms with Crippen molar-refractivity contribution in [2.24, 2.45) is 0 Å². The number of carbonyl (C=O) groups is 2. The zero-order valence-corrected chi connectivity index (χ0v) is 14.6. The number of carbonyl (C=O) groups excluding carboxylic acids is 2. The number of aromatic nitrogens is 2. The number of halogens is 1. The second-order valence-corrected chi connectivity index (χ2v) is 6.88. The molecule has 0 N–H and O–H groups in total. The monoisotopic (exact) mass is 358 g/mol. The fourth-order valence-electron chi connectivity index (χ4n) is 3.41. The first-order valence-corrected chi connectivity index (χ1v) is 8.91. The molecule has 0 atom stereocenters. The van der Waals surface area contributed by atoms with Gasteiger partial charge in [0.15, 0.2) is 0 Å². The van der Waals surface area contributed by atoms with Crippen LogP contribution < -0.4 is 4.90 Å². The van der Waals surface area contributed by atoms with Gasteiger partial charge in [0.1, 0.15) is 12.4 Å². The van der Waals surface area contributed by atoms with Crippen molar-refractivity contribution >= 4 is 29.2 Å². The number of aryl methyl sites for hydroxylation is 1. The molecule has 4 rings (SSSR count). The van der Waals surface area contributed by atoms with Crippen LogP contribution in [0.15, 0.2) is 30.3 Å². The van der Waals surface area contributed by atoms with Gasteiger partial charge in [-0.2, -0.15) is 5.10 Å². The van der Waals surface area contributed by atoms with E-state index in [0.29, 0.717) is 23.8 Å². The van der Waals surface area contributed by atoms with Crippen LogP contribution in [0.2, 0.25) is 5.02 Å². The highest BCUT2D eigenvalue weighted by molar-refractivity contribution is 6.30. The van der Waals surface area contributed by atoms with Crippen molar-refractivity contribution < 1.29 is 9.59 Å². The fraction of sp³-hybridized carbons (Fsp3) is 0.389. The highest BCUT2D eigenvalue weighted by Gasteiger charge is 2.30. The predicted octanol–water partition coefficient (Wildman–Crippen LogP) is 2.56. The third kappa shape index (κ3) is 3.14. The van der Waals surface area contributed by atoms with E-state index in [4.69, 9.17) is 11.6 Å². The Bertz CT molecular complexity index is 826. The van der Waals surface area contributed by atoms with Crippen LogP contribution in [0.25, 0.3) is 11.3 Å². The molecular weight excluding hydrogens is 340 g/mol. The van der Waals surface area contributed by atoms with Gasteiger partial charge in [-0.1, -0.05) is 23.7 Å². The molecule has 1 aromatic carbocycles. The zero-order chi connectivity index (χ0) is 17.4. The number of amides is 2. The largest absolute Gasteiger partial charge is 0.341 e. The van der Waals surface area contributed by atoms with Crippen LogP contribution in [-0.2, 0) is 16.1 Å². The number of likely N-dealkylation sites (tertiary alicyclic amines) is 1. The summed E-state index contributed by atoms with van der Waals surface area (Å²) in [6.07, 6.45) is 2.43. The molecule has 130 valence electrons. The van der Waals surface area contributed by atoms with Crippen LogP contribution in [0.5, 0.6) is 0 Å². The lowest BCUT2D eigenvalue weighted by molar-refractivity contribution is -0.130. The van der Waals surface area contributed by atoms with Crippen LogP contribution in [0, 0.1) is 0 Å². The Morgan fingerprint density at radius 3 is 2.72 bits per heavy atom. The van der Waals surface area contributed by atoms with E-state index >= 15 is 0 Å². The molecule has 0 unspecified atom stereocenters. The highest BCUT2D eigenvalue weighted by atomic mass is 35.5. The van der Waals surface area contributed by atoms with Gasteiger partial charge < -0.3 is 4.90 Å². The Kier molecular flexibility index (Phi) is 4.21. The molecule has 0 bridgehead atoms. The van der Waals surface area contributed by atoms with Crippen LogP contribution >= 0.6 is 11.6 Å². The molecule has 6 nitrogen and oxygen atoms in total. The van der Waals surface area contributed by atoms with E-state index in [1.54, 1.807) is 9.58 Å². The van der Waals surface area contributed by atoms with Gasteiger partial charge in [0.2, 0.25) is 11.8 Å². The average molecular weight is 359 g/mol. The zero-order valence-electron chi connectivity index (χ0n) is 13.8. The van der Waals surface area contributed by atoms with Crippen molar-refractivity contribution in [1.82, 2.24) is 14.7 Å². The minimum atomic E-state index is -0.0300. The lowest BCUT2D eigenvalue weighted by atomic mass is 10.1. The quantitative estimate of drug-likeness (QED) is 0.847. The van der Waals surface area contributed by atoms with Gasteiger partial charge in [-0.05, 0) is 25.0 Å². The summed E-state index contributed by atoms with van der Waals surface area (Å²) in [6, 6.07) is 9.32. The summed E-state index contributed by atoms with van der Waals surface area (Å²) in [5.41, 5.74) is 1.65. The van der Waals surface area contributed by atoms with Crippen LogP contribution in [0.3, 0.4) is 0 Å². The molecule has 0 saturated carbocycles. The first-order chi connectivity index (χ1) is 12.1. The van der Waals surface area contributed by atoms with Gasteiger partial charge in [-0.25, -0.2) is 4.68 Å². The summed E-state index contributed by atoms with van der Waals surface area (Å²) in [4.78, 5) is 28.3. The van der Waals surface area contributed by atoms with E-state index in [1.807, 2.05) is 35.2 Å². The third-order valence-electron chi connectivity index (χ3n) is 4.75. The van der Waals surface area contributed by atoms with Crippen molar-refractivity contribution in [3.8, 4) is 11.3 Å². The number of fused-ring (bicyclic) bond motifs is 1. The van der Waals surface area contributed by atoms with Crippen LogP contribution in [-0.4, -0.2) is 46.1 Å². The molecule has 1 fully saturated rings. The lowest BCUT2D eigenvalue weighted by Gasteiger charge is -2.28.